The molecule has 12 rings (SSSR count). The van der Waals surface area contributed by atoms with Gasteiger partial charge in [0.25, 0.3) is 0 Å². The molecule has 1 atom stereocenters. The molecule has 9 aromatic carbocycles. The van der Waals surface area contributed by atoms with E-state index in [1.807, 2.05) is 6.07 Å². The smallest absolute Gasteiger partial charge is 0.160 e. The van der Waals surface area contributed by atoms with Gasteiger partial charge in [0.2, 0.25) is 0 Å². The number of fused-ring (bicyclic) bond motifs is 8. The van der Waals surface area contributed by atoms with Gasteiger partial charge in [0, 0.05) is 38.6 Å². The number of allylic oxidation sites excluding steroid dienone is 1. The number of para-hydroxylation sites is 2. The summed E-state index contributed by atoms with van der Waals surface area (Å²) in [7, 11) is 0. The Labute approximate surface area is 353 Å². The summed E-state index contributed by atoms with van der Waals surface area (Å²) in [6.07, 6.45) is 3.09. The van der Waals surface area contributed by atoms with E-state index in [4.69, 9.17) is 14.4 Å². The Balaban J connectivity index is 1.13. The SMILES string of the molecule is CC1C/C=C(\c2ccc(-c3ccccc3)cc2)N=C(c2ccc(-n3c4ccccc4c4cc5ccccc5cc43)c3oc4ccccc4c23)N=C1c1cccc2ccccc12. The molecular weight excluding hydrogens is 743 g/mol. The molecule has 61 heavy (non-hydrogen) atoms. The molecule has 4 nitrogen and oxygen atoms in total. The van der Waals surface area contributed by atoms with E-state index in [9.17, 15) is 0 Å². The van der Waals surface area contributed by atoms with Crippen molar-refractivity contribution < 1.29 is 4.42 Å². The Kier molecular flexibility index (Phi) is 8.17. The first-order valence-corrected chi connectivity index (χ1v) is 21.0. The van der Waals surface area contributed by atoms with E-state index < -0.39 is 0 Å². The van der Waals surface area contributed by atoms with Crippen LogP contribution in [-0.2, 0) is 0 Å². The molecule has 1 aliphatic heterocycles. The number of nitrogens with zero attached hydrogens (tertiary/aromatic N) is 3. The van der Waals surface area contributed by atoms with Crippen LogP contribution in [0.15, 0.2) is 215 Å². The number of hydrogen-bond donors (Lipinski definition) is 0. The number of rotatable bonds is 5. The molecule has 11 aromatic rings. The summed E-state index contributed by atoms with van der Waals surface area (Å²) >= 11 is 0. The maximum absolute atomic E-state index is 7.00. The van der Waals surface area contributed by atoms with Gasteiger partial charge < -0.3 is 8.98 Å². The third-order valence-electron chi connectivity index (χ3n) is 12.5. The molecule has 0 amide bonds. The van der Waals surface area contributed by atoms with E-state index in [0.29, 0.717) is 5.84 Å². The van der Waals surface area contributed by atoms with E-state index in [1.165, 1.54) is 43.4 Å². The summed E-state index contributed by atoms with van der Waals surface area (Å²) in [6.45, 7) is 2.29. The van der Waals surface area contributed by atoms with Gasteiger partial charge in [-0.25, -0.2) is 9.98 Å². The Bertz CT molecular complexity index is 3620. The fourth-order valence-corrected chi connectivity index (χ4v) is 9.44. The first-order chi connectivity index (χ1) is 30.2. The fourth-order valence-electron chi connectivity index (χ4n) is 9.44. The quantitative estimate of drug-likeness (QED) is 0.171. The Morgan fingerprint density at radius 1 is 0.492 bits per heavy atom. The molecule has 1 aliphatic rings. The number of benzene rings is 9. The van der Waals surface area contributed by atoms with Gasteiger partial charge in [0.15, 0.2) is 11.4 Å². The lowest BCUT2D eigenvalue weighted by Gasteiger charge is -2.20. The average molecular weight is 782 g/mol. The highest BCUT2D eigenvalue weighted by molar-refractivity contribution is 6.25. The second kappa shape index (κ2) is 14.2. The Hall–Kier alpha value is -7.82. The van der Waals surface area contributed by atoms with E-state index in [0.717, 1.165) is 73.2 Å². The first kappa shape index (κ1) is 35.2. The second-order valence-corrected chi connectivity index (χ2v) is 16.1. The van der Waals surface area contributed by atoms with Crippen LogP contribution in [0.5, 0.6) is 0 Å². The summed E-state index contributed by atoms with van der Waals surface area (Å²) in [5, 5.41) is 9.22. The molecule has 0 bridgehead atoms. The monoisotopic (exact) mass is 781 g/mol. The summed E-state index contributed by atoms with van der Waals surface area (Å²) in [5.74, 6) is 0.766. The summed E-state index contributed by atoms with van der Waals surface area (Å²) in [6, 6.07) is 69.1. The minimum absolute atomic E-state index is 0.109. The Morgan fingerprint density at radius 2 is 1.15 bits per heavy atom. The molecule has 0 fully saturated rings. The van der Waals surface area contributed by atoms with Gasteiger partial charge in [0.05, 0.1) is 28.1 Å². The van der Waals surface area contributed by atoms with Gasteiger partial charge in [-0.05, 0) is 81.1 Å². The third kappa shape index (κ3) is 5.83. The van der Waals surface area contributed by atoms with Crippen LogP contribution in [0.1, 0.15) is 30.0 Å². The standard InChI is InChI=1S/C57H39N3O/c1-36-26-32-49(40-29-27-38(28-30-40)37-14-3-2-4-15-37)58-57(59-55(36)45-23-13-19-39-16-7-8-20-43(39)45)47-31-33-51(56-54(47)46-22-10-12-25-53(46)61-56)60-50-24-11-9-21-44(50)48-34-41-17-5-6-18-42(41)35-52(48)60/h2-25,27-36H,26H2,1H3/b49-32+,58-57?,59-55?. The third-order valence-corrected chi connectivity index (χ3v) is 12.5. The maximum Gasteiger partial charge on any atom is 0.160 e. The molecule has 0 saturated carbocycles. The van der Waals surface area contributed by atoms with Crippen molar-refractivity contribution in [3.63, 3.8) is 0 Å². The van der Waals surface area contributed by atoms with Crippen LogP contribution in [0.2, 0.25) is 0 Å². The van der Waals surface area contributed by atoms with E-state index >= 15 is 0 Å². The number of furan rings is 1. The van der Waals surface area contributed by atoms with Gasteiger partial charge in [-0.1, -0.05) is 171 Å². The molecule has 288 valence electrons. The molecule has 2 aromatic heterocycles. The summed E-state index contributed by atoms with van der Waals surface area (Å²) in [5.41, 5.74) is 12.2. The lowest BCUT2D eigenvalue weighted by atomic mass is 9.90. The predicted octanol–water partition coefficient (Wildman–Crippen LogP) is 15.0. The fraction of sp³-hybridized carbons (Fsp3) is 0.0526. The highest BCUT2D eigenvalue weighted by Crippen LogP contribution is 2.41. The van der Waals surface area contributed by atoms with Crippen LogP contribution in [0.4, 0.5) is 0 Å². The average Bonchev–Trinajstić information content (AvgIpc) is 3.86. The minimum Gasteiger partial charge on any atom is -0.454 e. The molecule has 0 spiro atoms. The summed E-state index contributed by atoms with van der Waals surface area (Å²) in [4.78, 5) is 11.3. The van der Waals surface area contributed by atoms with Crippen LogP contribution >= 0.6 is 0 Å². The molecular formula is C57H39N3O. The number of aromatic nitrogens is 1. The van der Waals surface area contributed by atoms with E-state index in [1.54, 1.807) is 0 Å². The largest absolute Gasteiger partial charge is 0.454 e. The van der Waals surface area contributed by atoms with Crippen LogP contribution in [0.3, 0.4) is 0 Å². The van der Waals surface area contributed by atoms with Crippen LogP contribution in [-0.4, -0.2) is 16.1 Å². The highest BCUT2D eigenvalue weighted by atomic mass is 16.3. The minimum atomic E-state index is 0.109. The molecule has 0 aliphatic carbocycles. The summed E-state index contributed by atoms with van der Waals surface area (Å²) < 4.78 is 9.37. The number of amidine groups is 1. The Morgan fingerprint density at radius 3 is 1.98 bits per heavy atom. The van der Waals surface area contributed by atoms with Crippen molar-refractivity contribution in [1.29, 1.82) is 0 Å². The van der Waals surface area contributed by atoms with Gasteiger partial charge in [-0.2, -0.15) is 0 Å². The first-order valence-electron chi connectivity index (χ1n) is 21.0. The van der Waals surface area contributed by atoms with Gasteiger partial charge in [0.1, 0.15) is 5.58 Å². The molecule has 1 unspecified atom stereocenters. The van der Waals surface area contributed by atoms with Crippen molar-refractivity contribution >= 4 is 82.5 Å². The van der Waals surface area contributed by atoms with Crippen LogP contribution in [0, 0.1) is 5.92 Å². The van der Waals surface area contributed by atoms with Crippen LogP contribution in [0.25, 0.3) is 87.8 Å². The maximum atomic E-state index is 7.00. The normalized spacial score (nSPS) is 15.6. The van der Waals surface area contributed by atoms with Gasteiger partial charge in [-0.15, -0.1) is 0 Å². The van der Waals surface area contributed by atoms with Crippen molar-refractivity contribution in [2.45, 2.75) is 13.3 Å². The van der Waals surface area contributed by atoms with E-state index in [-0.39, 0.29) is 5.92 Å². The zero-order valence-electron chi connectivity index (χ0n) is 33.6. The van der Waals surface area contributed by atoms with Crippen molar-refractivity contribution in [3.8, 4) is 16.8 Å². The number of hydrogen-bond acceptors (Lipinski definition) is 3. The van der Waals surface area contributed by atoms with Crippen molar-refractivity contribution in [2.24, 2.45) is 15.9 Å². The highest BCUT2D eigenvalue weighted by Gasteiger charge is 2.25. The zero-order chi connectivity index (χ0) is 40.4. The van der Waals surface area contributed by atoms with Gasteiger partial charge >= 0.3 is 0 Å². The van der Waals surface area contributed by atoms with Crippen molar-refractivity contribution in [3.05, 3.63) is 217 Å². The second-order valence-electron chi connectivity index (χ2n) is 16.1. The zero-order valence-corrected chi connectivity index (χ0v) is 33.6. The molecule has 3 heterocycles. The van der Waals surface area contributed by atoms with Gasteiger partial charge in [-0.3, -0.25) is 0 Å². The topological polar surface area (TPSA) is 42.8 Å². The lowest BCUT2D eigenvalue weighted by molar-refractivity contribution is 0.666. The molecule has 0 radical (unpaired) electrons. The number of aliphatic imine (C=N–C) groups is 2. The van der Waals surface area contributed by atoms with Crippen LogP contribution < -0.4 is 0 Å². The molecule has 0 N–H and O–H groups in total. The molecule has 4 heteroatoms. The van der Waals surface area contributed by atoms with E-state index in [2.05, 4.69) is 206 Å². The predicted molar refractivity (Wildman–Crippen MR) is 256 cm³/mol. The molecule has 0 saturated heterocycles. The van der Waals surface area contributed by atoms with Crippen molar-refractivity contribution in [1.82, 2.24) is 4.57 Å². The van der Waals surface area contributed by atoms with Crippen molar-refractivity contribution in [2.75, 3.05) is 0 Å². The lowest BCUT2D eigenvalue weighted by Crippen LogP contribution is -2.17.